The van der Waals surface area contributed by atoms with Gasteiger partial charge in [0.05, 0.1) is 19.3 Å². The molecule has 1 aliphatic rings. The van der Waals surface area contributed by atoms with E-state index in [9.17, 15) is 4.79 Å². The van der Waals surface area contributed by atoms with E-state index in [1.807, 2.05) is 31.2 Å². The number of imidazole rings is 1. The monoisotopic (exact) mass is 451 g/mol. The minimum atomic E-state index is -0.223. The molecule has 2 N–H and O–H groups in total. The topological polar surface area (TPSA) is 97.2 Å². The molecule has 0 aliphatic carbocycles. The molecule has 1 atom stereocenters. The van der Waals surface area contributed by atoms with Gasteiger partial charge in [-0.3, -0.25) is 0 Å². The third-order valence-corrected chi connectivity index (χ3v) is 5.94. The molecule has 2 amide bonds. The summed E-state index contributed by atoms with van der Waals surface area (Å²) >= 11 is 0. The number of anilines is 2. The van der Waals surface area contributed by atoms with Gasteiger partial charge in [0.1, 0.15) is 11.3 Å². The van der Waals surface area contributed by atoms with Crippen molar-refractivity contribution in [3.05, 3.63) is 30.1 Å². The Hall–Kier alpha value is -3.20. The molecular weight excluding hydrogens is 418 g/mol. The fourth-order valence-corrected chi connectivity index (χ4v) is 4.10. The first-order valence-electron chi connectivity index (χ1n) is 11.7. The Bertz CT molecular complexity index is 1110. The van der Waals surface area contributed by atoms with Crippen molar-refractivity contribution in [3.8, 4) is 11.4 Å². The van der Waals surface area contributed by atoms with E-state index in [1.165, 1.54) is 0 Å². The summed E-state index contributed by atoms with van der Waals surface area (Å²) < 4.78 is 7.81. The van der Waals surface area contributed by atoms with Crippen LogP contribution in [0.3, 0.4) is 0 Å². The largest absolute Gasteiger partial charge is 0.377 e. The Balaban J connectivity index is 1.75. The molecule has 1 unspecified atom stereocenters. The lowest BCUT2D eigenvalue weighted by molar-refractivity contribution is 0.0986. The molecule has 3 aromatic rings. The highest BCUT2D eigenvalue weighted by molar-refractivity contribution is 5.90. The van der Waals surface area contributed by atoms with Gasteiger partial charge in [-0.15, -0.1) is 0 Å². The van der Waals surface area contributed by atoms with Crippen LogP contribution >= 0.6 is 0 Å². The molecule has 176 valence electrons. The zero-order chi connectivity index (χ0) is 23.4. The Morgan fingerprint density at radius 3 is 2.67 bits per heavy atom. The maximum absolute atomic E-state index is 11.8. The quantitative estimate of drug-likeness (QED) is 0.568. The number of hydrogen-bond acceptors (Lipinski definition) is 6. The average molecular weight is 452 g/mol. The molecule has 33 heavy (non-hydrogen) atoms. The standard InChI is InChI=1S/C24H33N7O2/c1-5-7-8-19-27-22-20(30(19)4)23(31-13-14-33-15-16(31)3)29-21(28-22)17-9-11-18(12-10-17)26-24(32)25-6-2/h9-12,16H,5-8,13-15H2,1-4H3,(H2,25,26,32). The van der Waals surface area contributed by atoms with Crippen molar-refractivity contribution >= 4 is 28.7 Å². The van der Waals surface area contributed by atoms with Crippen LogP contribution in [0.1, 0.15) is 39.4 Å². The van der Waals surface area contributed by atoms with Gasteiger partial charge in [-0.1, -0.05) is 13.3 Å². The van der Waals surface area contributed by atoms with E-state index in [4.69, 9.17) is 19.7 Å². The van der Waals surface area contributed by atoms with Crippen molar-refractivity contribution in [2.45, 2.75) is 46.1 Å². The first-order chi connectivity index (χ1) is 16.0. The van der Waals surface area contributed by atoms with Crippen LogP contribution in [-0.2, 0) is 18.2 Å². The second-order valence-electron chi connectivity index (χ2n) is 8.41. The number of benzene rings is 1. The van der Waals surface area contributed by atoms with Crippen LogP contribution in [0.5, 0.6) is 0 Å². The summed E-state index contributed by atoms with van der Waals surface area (Å²) in [5.41, 5.74) is 3.27. The van der Waals surface area contributed by atoms with Crippen LogP contribution < -0.4 is 15.5 Å². The van der Waals surface area contributed by atoms with Crippen molar-refractivity contribution in [2.75, 3.05) is 36.5 Å². The number of carbonyl (C=O) groups is 1. The van der Waals surface area contributed by atoms with Gasteiger partial charge in [-0.25, -0.2) is 19.7 Å². The minimum Gasteiger partial charge on any atom is -0.377 e. The molecule has 0 saturated carbocycles. The van der Waals surface area contributed by atoms with Crippen molar-refractivity contribution in [1.29, 1.82) is 0 Å². The van der Waals surface area contributed by atoms with Gasteiger partial charge in [-0.2, -0.15) is 0 Å². The van der Waals surface area contributed by atoms with Crippen molar-refractivity contribution in [3.63, 3.8) is 0 Å². The number of morpholine rings is 1. The lowest BCUT2D eigenvalue weighted by Crippen LogP contribution is -2.44. The second-order valence-corrected chi connectivity index (χ2v) is 8.41. The highest BCUT2D eigenvalue weighted by Gasteiger charge is 2.26. The number of fused-ring (bicyclic) bond motifs is 1. The smallest absolute Gasteiger partial charge is 0.319 e. The van der Waals surface area contributed by atoms with Crippen LogP contribution in [0, 0.1) is 0 Å². The summed E-state index contributed by atoms with van der Waals surface area (Å²) in [5.74, 6) is 2.55. The molecule has 9 nitrogen and oxygen atoms in total. The molecule has 4 rings (SSSR count). The van der Waals surface area contributed by atoms with Gasteiger partial charge >= 0.3 is 6.03 Å². The fourth-order valence-electron chi connectivity index (χ4n) is 4.10. The number of hydrogen-bond donors (Lipinski definition) is 2. The Morgan fingerprint density at radius 1 is 1.18 bits per heavy atom. The van der Waals surface area contributed by atoms with Crippen molar-refractivity contribution in [2.24, 2.45) is 7.05 Å². The molecule has 0 radical (unpaired) electrons. The number of amides is 2. The number of rotatable bonds is 7. The SMILES string of the molecule is CCCCc1nc2nc(-c3ccc(NC(=O)NCC)cc3)nc(N3CCOCC3C)c2n1C. The lowest BCUT2D eigenvalue weighted by atomic mass is 10.2. The predicted octanol–water partition coefficient (Wildman–Crippen LogP) is 3.74. The maximum atomic E-state index is 11.8. The van der Waals surface area contributed by atoms with Crippen LogP contribution in [-0.4, -0.2) is 57.9 Å². The van der Waals surface area contributed by atoms with E-state index in [1.54, 1.807) is 0 Å². The van der Waals surface area contributed by atoms with Crippen LogP contribution in [0.25, 0.3) is 22.6 Å². The van der Waals surface area contributed by atoms with E-state index < -0.39 is 0 Å². The van der Waals surface area contributed by atoms with Crippen LogP contribution in [0.2, 0.25) is 0 Å². The first-order valence-corrected chi connectivity index (χ1v) is 11.7. The summed E-state index contributed by atoms with van der Waals surface area (Å²) in [7, 11) is 2.06. The van der Waals surface area contributed by atoms with Crippen molar-refractivity contribution < 1.29 is 9.53 Å². The maximum Gasteiger partial charge on any atom is 0.319 e. The summed E-state index contributed by atoms with van der Waals surface area (Å²) in [5, 5.41) is 5.55. The van der Waals surface area contributed by atoms with Gasteiger partial charge in [0.15, 0.2) is 17.3 Å². The van der Waals surface area contributed by atoms with E-state index >= 15 is 0 Å². The third-order valence-electron chi connectivity index (χ3n) is 5.94. The molecule has 0 bridgehead atoms. The Labute approximate surface area is 194 Å². The molecule has 1 aliphatic heterocycles. The number of urea groups is 1. The number of aromatic nitrogens is 4. The highest BCUT2D eigenvalue weighted by atomic mass is 16.5. The lowest BCUT2D eigenvalue weighted by Gasteiger charge is -2.34. The van der Waals surface area contributed by atoms with E-state index in [2.05, 4.69) is 41.0 Å². The van der Waals surface area contributed by atoms with E-state index in [0.717, 1.165) is 48.5 Å². The number of nitrogens with one attached hydrogen (secondary N) is 2. The average Bonchev–Trinajstić information content (AvgIpc) is 3.13. The van der Waals surface area contributed by atoms with E-state index in [0.29, 0.717) is 36.9 Å². The number of ether oxygens (including phenoxy) is 1. The van der Waals surface area contributed by atoms with Gasteiger partial charge < -0.3 is 24.8 Å². The molecule has 0 spiro atoms. The zero-order valence-corrected chi connectivity index (χ0v) is 19.9. The van der Waals surface area contributed by atoms with Gasteiger partial charge in [-0.05, 0) is 44.5 Å². The number of carbonyl (C=O) groups excluding carboxylic acids is 1. The molecule has 1 saturated heterocycles. The second kappa shape index (κ2) is 10.2. The van der Waals surface area contributed by atoms with Gasteiger partial charge in [0.25, 0.3) is 0 Å². The minimum absolute atomic E-state index is 0.211. The molecular formula is C24H33N7O2. The molecule has 3 heterocycles. The van der Waals surface area contributed by atoms with Gasteiger partial charge in [0.2, 0.25) is 0 Å². The fraction of sp³-hybridized carbons (Fsp3) is 0.500. The molecule has 9 heteroatoms. The number of unbranched alkanes of at least 4 members (excludes halogenated alkanes) is 1. The summed E-state index contributed by atoms with van der Waals surface area (Å²) in [6, 6.07) is 7.56. The Morgan fingerprint density at radius 2 is 1.97 bits per heavy atom. The van der Waals surface area contributed by atoms with Crippen LogP contribution in [0.4, 0.5) is 16.3 Å². The van der Waals surface area contributed by atoms with Crippen LogP contribution in [0.15, 0.2) is 24.3 Å². The Kier molecular flexibility index (Phi) is 7.08. The number of nitrogens with zero attached hydrogens (tertiary/aromatic N) is 5. The first kappa shape index (κ1) is 23.0. The zero-order valence-electron chi connectivity index (χ0n) is 19.9. The van der Waals surface area contributed by atoms with E-state index in [-0.39, 0.29) is 12.1 Å². The summed E-state index contributed by atoms with van der Waals surface area (Å²) in [6.45, 7) is 8.92. The predicted molar refractivity (Wildman–Crippen MR) is 131 cm³/mol. The molecule has 1 fully saturated rings. The van der Waals surface area contributed by atoms with Gasteiger partial charge in [0, 0.05) is 37.8 Å². The molecule has 2 aromatic heterocycles. The highest BCUT2D eigenvalue weighted by Crippen LogP contribution is 2.30. The summed E-state index contributed by atoms with van der Waals surface area (Å²) in [6.07, 6.45) is 3.11. The number of aryl methyl sites for hydroxylation is 2. The summed E-state index contributed by atoms with van der Waals surface area (Å²) in [4.78, 5) is 28.8. The third kappa shape index (κ3) is 4.93. The van der Waals surface area contributed by atoms with Crippen molar-refractivity contribution in [1.82, 2.24) is 24.8 Å². The normalized spacial score (nSPS) is 16.2. The molecule has 1 aromatic carbocycles.